The number of nitrogens with zero attached hydrogens (tertiary/aromatic N) is 4. The number of thioether (sulfide) groups is 1. The van der Waals surface area contributed by atoms with E-state index in [4.69, 9.17) is 4.74 Å². The van der Waals surface area contributed by atoms with E-state index in [1.54, 1.807) is 23.6 Å². The van der Waals surface area contributed by atoms with Crippen molar-refractivity contribution in [3.8, 4) is 0 Å². The molecule has 152 valence electrons. The predicted octanol–water partition coefficient (Wildman–Crippen LogP) is 2.88. The second-order valence-corrected chi connectivity index (χ2v) is 8.81. The highest BCUT2D eigenvalue weighted by Crippen LogP contribution is 2.37. The molecule has 0 aliphatic carbocycles. The molecule has 3 aromatic rings. The third kappa shape index (κ3) is 3.84. The van der Waals surface area contributed by atoms with Gasteiger partial charge < -0.3 is 19.5 Å². The molecule has 1 aliphatic heterocycles. The molecule has 0 saturated carbocycles. The monoisotopic (exact) mass is 528 g/mol. The minimum Gasteiger partial charge on any atom is -0.388 e. The summed E-state index contributed by atoms with van der Waals surface area (Å²) in [5.74, 6) is 0.587. The van der Waals surface area contributed by atoms with Gasteiger partial charge in [-0.2, -0.15) is 0 Å². The summed E-state index contributed by atoms with van der Waals surface area (Å²) in [7, 11) is 0. The molecule has 1 aromatic carbocycles. The number of fused-ring (bicyclic) bond motifs is 1. The lowest BCUT2D eigenvalue weighted by atomic mass is 10.1. The van der Waals surface area contributed by atoms with Crippen LogP contribution in [0.2, 0.25) is 0 Å². The van der Waals surface area contributed by atoms with Crippen molar-refractivity contribution in [2.24, 2.45) is 0 Å². The molecule has 0 bridgehead atoms. The van der Waals surface area contributed by atoms with Gasteiger partial charge in [-0.1, -0.05) is 12.1 Å². The molecular formula is C18H17IN4O5S. The van der Waals surface area contributed by atoms with E-state index in [0.717, 1.165) is 19.5 Å². The highest BCUT2D eigenvalue weighted by molar-refractivity contribution is 14.1. The molecule has 9 nitrogen and oxygen atoms in total. The Bertz CT molecular complexity index is 1060. The lowest BCUT2D eigenvalue weighted by Gasteiger charge is -2.17. The van der Waals surface area contributed by atoms with E-state index >= 15 is 0 Å². The van der Waals surface area contributed by atoms with Crippen molar-refractivity contribution in [1.29, 1.82) is 0 Å². The van der Waals surface area contributed by atoms with Crippen LogP contribution in [0.3, 0.4) is 0 Å². The number of non-ortho nitro benzene ring substituents is 1. The number of nitro groups is 1. The highest BCUT2D eigenvalue weighted by Gasteiger charge is 2.42. The van der Waals surface area contributed by atoms with Gasteiger partial charge in [0.05, 0.1) is 16.4 Å². The summed E-state index contributed by atoms with van der Waals surface area (Å²) in [6, 6.07) is 6.42. The van der Waals surface area contributed by atoms with Crippen molar-refractivity contribution >= 4 is 51.1 Å². The summed E-state index contributed by atoms with van der Waals surface area (Å²) in [5, 5.41) is 32.8. The maximum Gasteiger partial charge on any atom is 0.269 e. The quantitative estimate of drug-likeness (QED) is 0.170. The van der Waals surface area contributed by atoms with Gasteiger partial charge in [-0.15, -0.1) is 11.8 Å². The van der Waals surface area contributed by atoms with Gasteiger partial charge in [-0.3, -0.25) is 10.1 Å². The Balaban J connectivity index is 1.61. The van der Waals surface area contributed by atoms with Gasteiger partial charge in [0.25, 0.3) is 5.69 Å². The number of ether oxygens (including phenoxy) is 1. The molecule has 0 unspecified atom stereocenters. The van der Waals surface area contributed by atoms with Gasteiger partial charge in [0.2, 0.25) is 0 Å². The van der Waals surface area contributed by atoms with Crippen molar-refractivity contribution in [1.82, 2.24) is 14.5 Å². The number of aliphatic hydroxyl groups is 2. The SMILES string of the molecule is C[C@H]1O[C@@H](n2cc(I)c3c(SCc4ccc([N+](=O)[O-])cc4)ncnc32)[C@H](O)[C@@H]1O. The molecule has 1 saturated heterocycles. The van der Waals surface area contributed by atoms with Crippen molar-refractivity contribution in [3.05, 3.63) is 56.0 Å². The Kier molecular flexibility index (Phi) is 5.75. The Morgan fingerprint density at radius 2 is 2.00 bits per heavy atom. The summed E-state index contributed by atoms with van der Waals surface area (Å²) in [6.45, 7) is 1.71. The number of rotatable bonds is 5. The Labute approximate surface area is 183 Å². The number of hydrogen-bond acceptors (Lipinski definition) is 8. The van der Waals surface area contributed by atoms with E-state index in [1.165, 1.54) is 30.2 Å². The number of hydrogen-bond donors (Lipinski definition) is 2. The minimum atomic E-state index is -1.05. The van der Waals surface area contributed by atoms with Crippen LogP contribution in [0.4, 0.5) is 5.69 Å². The molecule has 4 rings (SSSR count). The van der Waals surface area contributed by atoms with E-state index in [-0.39, 0.29) is 5.69 Å². The molecule has 1 aliphatic rings. The van der Waals surface area contributed by atoms with Crippen LogP contribution in [0.15, 0.2) is 41.8 Å². The maximum absolute atomic E-state index is 10.8. The summed E-state index contributed by atoms with van der Waals surface area (Å²) >= 11 is 3.68. The molecule has 0 spiro atoms. The fourth-order valence-corrected chi connectivity index (χ4v) is 5.18. The molecule has 3 heterocycles. The van der Waals surface area contributed by atoms with Crippen LogP contribution in [0.1, 0.15) is 18.7 Å². The van der Waals surface area contributed by atoms with Crippen LogP contribution >= 0.6 is 34.4 Å². The van der Waals surface area contributed by atoms with Crippen molar-refractivity contribution in [3.63, 3.8) is 0 Å². The predicted molar refractivity (Wildman–Crippen MR) is 115 cm³/mol. The summed E-state index contributed by atoms with van der Waals surface area (Å²) in [6.07, 6.45) is 0.0508. The Hall–Kier alpha value is -1.80. The third-order valence-corrected chi connectivity index (χ3v) is 6.68. The smallest absolute Gasteiger partial charge is 0.269 e. The highest BCUT2D eigenvalue weighted by atomic mass is 127. The molecule has 2 N–H and O–H groups in total. The zero-order valence-electron chi connectivity index (χ0n) is 15.2. The summed E-state index contributed by atoms with van der Waals surface area (Å²) < 4.78 is 8.36. The first-order valence-corrected chi connectivity index (χ1v) is 10.8. The first-order chi connectivity index (χ1) is 13.9. The van der Waals surface area contributed by atoms with Crippen LogP contribution in [-0.2, 0) is 10.5 Å². The van der Waals surface area contributed by atoms with Gasteiger partial charge >= 0.3 is 0 Å². The standard InChI is InChI=1S/C18H17IN4O5S/c1-9-14(24)15(25)18(28-9)22-6-12(19)13-16(22)20-8-21-17(13)29-7-10-2-4-11(5-3-10)23(26)27/h2-6,8-9,14-15,18,24-25H,7H2,1H3/t9-,14-,15-,18-/m1/s1. The van der Waals surface area contributed by atoms with Gasteiger partial charge in [0.1, 0.15) is 29.2 Å². The van der Waals surface area contributed by atoms with Crippen LogP contribution in [0, 0.1) is 13.7 Å². The zero-order valence-corrected chi connectivity index (χ0v) is 18.1. The molecule has 11 heteroatoms. The number of nitro benzene ring substituents is 1. The topological polar surface area (TPSA) is 124 Å². The van der Waals surface area contributed by atoms with Crippen LogP contribution in [-0.4, -0.2) is 48.0 Å². The maximum atomic E-state index is 10.8. The van der Waals surface area contributed by atoms with Gasteiger partial charge in [-0.25, -0.2) is 9.97 Å². The number of halogens is 1. The molecule has 29 heavy (non-hydrogen) atoms. The lowest BCUT2D eigenvalue weighted by Crippen LogP contribution is -2.30. The number of benzene rings is 1. The van der Waals surface area contributed by atoms with Crippen LogP contribution < -0.4 is 0 Å². The molecule has 0 amide bonds. The van der Waals surface area contributed by atoms with Gasteiger partial charge in [-0.05, 0) is 35.1 Å². The zero-order chi connectivity index (χ0) is 20.7. The van der Waals surface area contributed by atoms with Crippen LogP contribution in [0.5, 0.6) is 0 Å². The minimum absolute atomic E-state index is 0.0568. The first kappa shape index (κ1) is 20.5. The fourth-order valence-electron chi connectivity index (χ4n) is 3.24. The van der Waals surface area contributed by atoms with Gasteiger partial charge in [0.15, 0.2) is 6.23 Å². The number of aliphatic hydroxyl groups excluding tert-OH is 2. The second kappa shape index (κ2) is 8.14. The molecular weight excluding hydrogens is 511 g/mol. The van der Waals surface area contributed by atoms with E-state index in [9.17, 15) is 20.3 Å². The van der Waals surface area contributed by atoms with E-state index in [2.05, 4.69) is 32.6 Å². The second-order valence-electron chi connectivity index (χ2n) is 6.69. The van der Waals surface area contributed by atoms with E-state index < -0.39 is 29.5 Å². The lowest BCUT2D eigenvalue weighted by molar-refractivity contribution is -0.384. The van der Waals surface area contributed by atoms with Crippen molar-refractivity contribution in [2.75, 3.05) is 0 Å². The molecule has 2 aromatic heterocycles. The van der Waals surface area contributed by atoms with E-state index in [0.29, 0.717) is 11.4 Å². The third-order valence-electron chi connectivity index (χ3n) is 4.80. The Morgan fingerprint density at radius 3 is 2.62 bits per heavy atom. The Morgan fingerprint density at radius 1 is 1.28 bits per heavy atom. The summed E-state index contributed by atoms with van der Waals surface area (Å²) in [4.78, 5) is 19.1. The van der Waals surface area contributed by atoms with Crippen LogP contribution in [0.25, 0.3) is 11.0 Å². The average Bonchev–Trinajstić information content (AvgIpc) is 3.18. The average molecular weight is 528 g/mol. The number of aromatic nitrogens is 3. The van der Waals surface area contributed by atoms with Crippen molar-refractivity contribution < 1.29 is 19.9 Å². The fraction of sp³-hybridized carbons (Fsp3) is 0.333. The first-order valence-electron chi connectivity index (χ1n) is 8.75. The molecule has 1 fully saturated rings. The van der Waals surface area contributed by atoms with Gasteiger partial charge in [0, 0.05) is 27.7 Å². The molecule has 0 radical (unpaired) electrons. The normalized spacial score (nSPS) is 24.3. The summed E-state index contributed by atoms with van der Waals surface area (Å²) in [5.41, 5.74) is 1.61. The molecule has 4 atom stereocenters. The largest absolute Gasteiger partial charge is 0.388 e. The van der Waals surface area contributed by atoms with Crippen molar-refractivity contribution in [2.45, 2.75) is 42.2 Å². The van der Waals surface area contributed by atoms with E-state index in [1.807, 2.05) is 6.20 Å².